The van der Waals surface area contributed by atoms with Gasteiger partial charge in [0.25, 0.3) is 5.91 Å². The molecule has 1 aromatic carbocycles. The number of hydrogen-bond donors (Lipinski definition) is 1. The second-order valence-electron chi connectivity index (χ2n) is 7.59. The predicted octanol–water partition coefficient (Wildman–Crippen LogP) is 4.87. The van der Waals surface area contributed by atoms with E-state index in [-0.39, 0.29) is 22.5 Å². The minimum absolute atomic E-state index is 0.141. The van der Waals surface area contributed by atoms with Crippen LogP contribution in [-0.4, -0.2) is 44.3 Å². The number of ether oxygens (including phenoxy) is 1. The zero-order chi connectivity index (χ0) is 23.8. The number of carbonyl (C=O) groups is 1. The first-order valence-electron chi connectivity index (χ1n) is 10.1. The average molecular weight is 475 g/mol. The molecule has 2 aromatic rings. The quantitative estimate of drug-likeness (QED) is 0.604. The van der Waals surface area contributed by atoms with E-state index in [0.29, 0.717) is 24.8 Å². The first kappa shape index (κ1) is 22.8. The molecule has 7 nitrogen and oxygen atoms in total. The number of rotatable bonds is 6. The van der Waals surface area contributed by atoms with Crippen LogP contribution in [0.25, 0.3) is 6.08 Å². The van der Waals surface area contributed by atoms with Crippen molar-refractivity contribution in [3.8, 4) is 5.75 Å². The highest BCUT2D eigenvalue weighted by atomic mass is 32.2. The van der Waals surface area contributed by atoms with Crippen LogP contribution >= 0.6 is 11.8 Å². The maximum absolute atomic E-state index is 13.0. The first-order valence-corrected chi connectivity index (χ1v) is 10.9. The van der Waals surface area contributed by atoms with Crippen molar-refractivity contribution in [3.05, 3.63) is 59.4 Å². The molecule has 4 rings (SSSR count). The fourth-order valence-corrected chi connectivity index (χ4v) is 4.12. The summed E-state index contributed by atoms with van der Waals surface area (Å²) >= 11 is 0.225. The zero-order valence-electron chi connectivity index (χ0n) is 17.8. The van der Waals surface area contributed by atoms with Gasteiger partial charge in [0.05, 0.1) is 12.1 Å². The van der Waals surface area contributed by atoms with E-state index in [2.05, 4.69) is 23.9 Å². The summed E-state index contributed by atoms with van der Waals surface area (Å²) in [5.74, 6) is -0.125. The summed E-state index contributed by atoms with van der Waals surface area (Å²) in [6, 6.07) is 11.3. The smallest absolute Gasteiger partial charge is 0.441 e. The number of nitrogens with one attached hydrogen (secondary N) is 1. The SMILES string of the molecule is CC(C)c1ccccc1OCCn1cccc1C=C1C(=N)N2N=C(C(F)(F)F)SC2=NC1=O. The maximum Gasteiger partial charge on any atom is 0.441 e. The van der Waals surface area contributed by atoms with Crippen LogP contribution in [0, 0.1) is 5.41 Å². The Morgan fingerprint density at radius 1 is 1.21 bits per heavy atom. The number of amidine groups is 2. The zero-order valence-corrected chi connectivity index (χ0v) is 18.6. The number of thioether (sulfide) groups is 1. The minimum Gasteiger partial charge on any atom is -0.491 e. The lowest BCUT2D eigenvalue weighted by atomic mass is 10.0. The number of benzene rings is 1. The number of halogens is 3. The van der Waals surface area contributed by atoms with E-state index in [1.165, 1.54) is 6.08 Å². The van der Waals surface area contributed by atoms with Gasteiger partial charge in [0, 0.05) is 11.9 Å². The monoisotopic (exact) mass is 475 g/mol. The molecule has 1 N–H and O–H groups in total. The molecule has 0 bridgehead atoms. The van der Waals surface area contributed by atoms with Crippen LogP contribution in [0.3, 0.4) is 0 Å². The van der Waals surface area contributed by atoms with Crippen molar-refractivity contribution < 1.29 is 22.7 Å². The van der Waals surface area contributed by atoms with Crippen molar-refractivity contribution in [2.75, 3.05) is 6.61 Å². The lowest BCUT2D eigenvalue weighted by molar-refractivity contribution is -0.114. The van der Waals surface area contributed by atoms with Crippen molar-refractivity contribution in [2.24, 2.45) is 10.1 Å². The van der Waals surface area contributed by atoms with Gasteiger partial charge in [-0.1, -0.05) is 32.0 Å². The Balaban J connectivity index is 1.50. The maximum atomic E-state index is 13.0. The van der Waals surface area contributed by atoms with E-state index >= 15 is 0 Å². The number of aromatic nitrogens is 1. The van der Waals surface area contributed by atoms with Gasteiger partial charge in [-0.25, -0.2) is 0 Å². The van der Waals surface area contributed by atoms with E-state index in [9.17, 15) is 18.0 Å². The largest absolute Gasteiger partial charge is 0.491 e. The number of carbonyl (C=O) groups excluding carboxylic acids is 1. The molecule has 1 amide bonds. The number of amides is 1. The molecule has 1 aromatic heterocycles. The molecule has 3 heterocycles. The molecule has 0 fully saturated rings. The molecule has 0 saturated carbocycles. The number of hydrazone groups is 1. The van der Waals surface area contributed by atoms with Crippen LogP contribution in [0.1, 0.15) is 31.0 Å². The summed E-state index contributed by atoms with van der Waals surface area (Å²) in [5, 5.41) is 10.9. The van der Waals surface area contributed by atoms with Crippen molar-refractivity contribution in [1.29, 1.82) is 5.41 Å². The number of alkyl halides is 3. The van der Waals surface area contributed by atoms with Crippen LogP contribution in [-0.2, 0) is 11.3 Å². The van der Waals surface area contributed by atoms with Gasteiger partial charge < -0.3 is 9.30 Å². The molecule has 0 spiro atoms. The highest BCUT2D eigenvalue weighted by Gasteiger charge is 2.46. The Hall–Kier alpha value is -3.34. The number of hydrogen-bond acceptors (Lipinski definition) is 5. The lowest BCUT2D eigenvalue weighted by Gasteiger charge is -2.20. The molecule has 0 atom stereocenters. The van der Waals surface area contributed by atoms with Crippen molar-refractivity contribution in [3.63, 3.8) is 0 Å². The number of fused-ring (bicyclic) bond motifs is 1. The summed E-state index contributed by atoms with van der Waals surface area (Å²) in [6.45, 7) is 5.00. The Morgan fingerprint density at radius 2 is 1.97 bits per heavy atom. The fraction of sp³-hybridized carbons (Fsp3) is 0.273. The standard InChI is InChI=1S/C22H20F3N5O2S/c1-13(2)15-7-3-4-8-17(15)32-11-10-29-9-5-6-14(29)12-16-18(26)30-21(27-19(16)31)33-20(28-30)22(23,24)25/h3-9,12-13,26H,10-11H2,1-2H3. The average Bonchev–Trinajstić information content (AvgIpc) is 3.38. The Morgan fingerprint density at radius 3 is 2.70 bits per heavy atom. The molecule has 0 aliphatic carbocycles. The van der Waals surface area contributed by atoms with Gasteiger partial charge in [-0.2, -0.15) is 28.3 Å². The molecule has 0 saturated heterocycles. The van der Waals surface area contributed by atoms with Crippen molar-refractivity contribution in [1.82, 2.24) is 9.58 Å². The molecule has 0 unspecified atom stereocenters. The molecule has 11 heteroatoms. The molecular weight excluding hydrogens is 455 g/mol. The van der Waals surface area contributed by atoms with Crippen LogP contribution in [0.2, 0.25) is 0 Å². The first-order chi connectivity index (χ1) is 15.6. The Labute approximate surface area is 192 Å². The third-order valence-electron chi connectivity index (χ3n) is 4.98. The molecular formula is C22H20F3N5O2S. The van der Waals surface area contributed by atoms with Gasteiger partial charge in [-0.15, -0.1) is 0 Å². The fourth-order valence-electron chi connectivity index (χ4n) is 3.36. The van der Waals surface area contributed by atoms with Crippen LogP contribution in [0.4, 0.5) is 13.2 Å². The normalized spacial score (nSPS) is 17.5. The second kappa shape index (κ2) is 8.89. The molecule has 33 heavy (non-hydrogen) atoms. The summed E-state index contributed by atoms with van der Waals surface area (Å²) in [7, 11) is 0. The molecule has 0 radical (unpaired) electrons. The van der Waals surface area contributed by atoms with E-state index in [4.69, 9.17) is 10.1 Å². The van der Waals surface area contributed by atoms with E-state index in [1.54, 1.807) is 18.3 Å². The van der Waals surface area contributed by atoms with Crippen LogP contribution in [0.5, 0.6) is 5.75 Å². The number of nitrogens with zero attached hydrogens (tertiary/aromatic N) is 4. The highest BCUT2D eigenvalue weighted by molar-refractivity contribution is 8.27. The summed E-state index contributed by atoms with van der Waals surface area (Å²) in [4.78, 5) is 16.1. The third-order valence-corrected chi connectivity index (χ3v) is 5.94. The number of para-hydroxylation sites is 1. The van der Waals surface area contributed by atoms with Gasteiger partial charge in [-0.05, 0) is 47.5 Å². The third kappa shape index (κ3) is 4.72. The van der Waals surface area contributed by atoms with Crippen molar-refractivity contribution >= 4 is 39.8 Å². The van der Waals surface area contributed by atoms with E-state index in [0.717, 1.165) is 16.3 Å². The van der Waals surface area contributed by atoms with E-state index < -0.39 is 23.0 Å². The lowest BCUT2D eigenvalue weighted by Crippen LogP contribution is -2.35. The van der Waals surface area contributed by atoms with Gasteiger partial charge in [-0.3, -0.25) is 10.2 Å². The summed E-state index contributed by atoms with van der Waals surface area (Å²) in [6.07, 6.45) is -1.46. The van der Waals surface area contributed by atoms with Gasteiger partial charge in [0.1, 0.15) is 12.4 Å². The molecule has 172 valence electrons. The van der Waals surface area contributed by atoms with Gasteiger partial charge in [0.2, 0.25) is 10.2 Å². The molecule has 2 aliphatic rings. The second-order valence-corrected chi connectivity index (χ2v) is 8.55. The van der Waals surface area contributed by atoms with Crippen LogP contribution in [0.15, 0.2) is 58.3 Å². The van der Waals surface area contributed by atoms with E-state index in [1.807, 2.05) is 28.8 Å². The Bertz CT molecular complexity index is 1200. The van der Waals surface area contributed by atoms with Crippen molar-refractivity contribution in [2.45, 2.75) is 32.5 Å². The highest BCUT2D eigenvalue weighted by Crippen LogP contribution is 2.35. The molecule has 2 aliphatic heterocycles. The summed E-state index contributed by atoms with van der Waals surface area (Å²) < 4.78 is 46.7. The number of aliphatic imine (C=N–C) groups is 1. The van der Waals surface area contributed by atoms with Gasteiger partial charge >= 0.3 is 6.18 Å². The van der Waals surface area contributed by atoms with Gasteiger partial charge in [0.15, 0.2) is 5.84 Å². The van der Waals surface area contributed by atoms with Crippen LogP contribution < -0.4 is 4.74 Å². The Kier molecular flexibility index (Phi) is 6.15. The topological polar surface area (TPSA) is 83.0 Å². The predicted molar refractivity (Wildman–Crippen MR) is 122 cm³/mol. The minimum atomic E-state index is -4.68. The summed E-state index contributed by atoms with van der Waals surface area (Å²) in [5.41, 5.74) is 1.55.